The lowest BCUT2D eigenvalue weighted by Crippen LogP contribution is -2.45. The molecule has 1 amide bonds. The van der Waals surface area contributed by atoms with Crippen LogP contribution in [0, 0.1) is 0 Å². The molecule has 0 heterocycles. The predicted molar refractivity (Wildman–Crippen MR) is 276 cm³/mol. The van der Waals surface area contributed by atoms with E-state index in [0.717, 1.165) is 70.6 Å². The van der Waals surface area contributed by atoms with Crippen molar-refractivity contribution in [3.8, 4) is 0 Å². The summed E-state index contributed by atoms with van der Waals surface area (Å²) in [7, 11) is 1.56. The monoisotopic (exact) mass is 918 g/mol. The van der Waals surface area contributed by atoms with Crippen LogP contribution >= 0.6 is 7.82 Å². The van der Waals surface area contributed by atoms with E-state index in [-0.39, 0.29) is 19.1 Å². The van der Waals surface area contributed by atoms with E-state index in [9.17, 15) is 19.4 Å². The lowest BCUT2D eigenvalue weighted by Gasteiger charge is -2.25. The minimum Gasteiger partial charge on any atom is -0.387 e. The summed E-state index contributed by atoms with van der Waals surface area (Å²) in [6.07, 6.45) is 62.7. The summed E-state index contributed by atoms with van der Waals surface area (Å²) in [5.41, 5.74) is 0. The quantitative estimate of drug-likeness (QED) is 0.0243. The molecule has 0 bridgehead atoms. The van der Waals surface area contributed by atoms with Crippen LogP contribution in [0.25, 0.3) is 0 Å². The van der Waals surface area contributed by atoms with Crippen molar-refractivity contribution < 1.29 is 32.9 Å². The number of nitrogens with zero attached hydrogens (tertiary/aromatic N) is 1. The molecule has 3 atom stereocenters. The first-order valence-corrected chi connectivity index (χ1v) is 27.8. The first kappa shape index (κ1) is 61.9. The zero-order valence-electron chi connectivity index (χ0n) is 42.3. The maximum Gasteiger partial charge on any atom is 0.472 e. The van der Waals surface area contributed by atoms with Gasteiger partial charge >= 0.3 is 7.82 Å². The third kappa shape index (κ3) is 47.9. The molecule has 0 saturated carbocycles. The summed E-state index contributed by atoms with van der Waals surface area (Å²) >= 11 is 0. The fourth-order valence-corrected chi connectivity index (χ4v) is 7.97. The summed E-state index contributed by atoms with van der Waals surface area (Å²) < 4.78 is 23.6. The number of likely N-dealkylation sites (N-methyl/N-ethyl adjacent to an activating group) is 1. The number of quaternary nitrogens is 1. The van der Waals surface area contributed by atoms with Crippen LogP contribution in [0.2, 0.25) is 0 Å². The molecule has 0 aromatic carbocycles. The number of carbonyl (C=O) groups is 1. The Morgan fingerprint density at radius 1 is 0.531 bits per heavy atom. The second-order valence-electron chi connectivity index (χ2n) is 18.9. The van der Waals surface area contributed by atoms with Crippen molar-refractivity contribution in [1.29, 1.82) is 0 Å². The van der Waals surface area contributed by atoms with Crippen molar-refractivity contribution in [1.82, 2.24) is 5.32 Å². The van der Waals surface area contributed by atoms with Crippen molar-refractivity contribution in [3.05, 3.63) is 72.9 Å². The van der Waals surface area contributed by atoms with Crippen molar-refractivity contribution in [2.75, 3.05) is 40.9 Å². The zero-order chi connectivity index (χ0) is 47.1. The van der Waals surface area contributed by atoms with Crippen molar-refractivity contribution >= 4 is 13.7 Å². The van der Waals surface area contributed by atoms with Crippen molar-refractivity contribution in [2.24, 2.45) is 0 Å². The number of amides is 1. The maximum absolute atomic E-state index is 12.9. The molecular formula is C55H102N2O6P+. The average Bonchev–Trinajstić information content (AvgIpc) is 3.25. The molecule has 0 aromatic rings. The molecule has 0 rings (SSSR count). The molecule has 0 aromatic heterocycles. The summed E-state index contributed by atoms with van der Waals surface area (Å²) in [6, 6.07) is -0.852. The molecule has 64 heavy (non-hydrogen) atoms. The highest BCUT2D eigenvalue weighted by Gasteiger charge is 2.27. The molecule has 8 nitrogen and oxygen atoms in total. The van der Waals surface area contributed by atoms with Gasteiger partial charge in [-0.15, -0.1) is 0 Å². The smallest absolute Gasteiger partial charge is 0.387 e. The van der Waals surface area contributed by atoms with E-state index in [2.05, 4.69) is 79.9 Å². The molecule has 0 radical (unpaired) electrons. The van der Waals surface area contributed by atoms with Crippen LogP contribution in [-0.2, 0) is 18.4 Å². The van der Waals surface area contributed by atoms with Crippen LogP contribution in [-0.4, -0.2) is 73.4 Å². The fraction of sp³-hybridized carbons (Fsp3) is 0.764. The van der Waals surface area contributed by atoms with E-state index in [1.165, 1.54) is 128 Å². The maximum atomic E-state index is 12.9. The second kappa shape index (κ2) is 46.1. The Bertz CT molecular complexity index is 1270. The minimum absolute atomic E-state index is 0.0577. The van der Waals surface area contributed by atoms with Gasteiger partial charge in [0.15, 0.2) is 0 Å². The Morgan fingerprint density at radius 2 is 0.891 bits per heavy atom. The molecule has 372 valence electrons. The van der Waals surface area contributed by atoms with E-state index < -0.39 is 20.0 Å². The van der Waals surface area contributed by atoms with Crippen molar-refractivity contribution in [3.63, 3.8) is 0 Å². The fourth-order valence-electron chi connectivity index (χ4n) is 7.24. The lowest BCUT2D eigenvalue weighted by atomic mass is 10.0. The zero-order valence-corrected chi connectivity index (χ0v) is 43.1. The standard InChI is InChI=1S/C55H101N2O6P/c1-6-8-10-12-14-16-18-20-21-22-23-24-25-26-27-28-29-30-31-32-33-34-35-37-39-41-43-45-47-49-55(59)56-53(52-63-64(60,61)62-51-50-57(3,4)5)54(58)48-46-44-42-40-38-36-19-17-15-13-11-9-7-2/h14,16,20-21,23-24,26-27,29-30,46,48,53-54,58H,6-13,15,17-19,22,25,28,31-45,47,49-52H2,1-5H3,(H-,56,59,60,61)/p+1/b16-14-,21-20-,24-23-,27-26-,30-29-,48-46+. The number of allylic oxidation sites excluding steroid dienone is 11. The minimum atomic E-state index is -4.34. The van der Waals surface area contributed by atoms with Gasteiger partial charge in [-0.25, -0.2) is 4.57 Å². The Labute approximate surface area is 395 Å². The Morgan fingerprint density at radius 3 is 1.33 bits per heavy atom. The second-order valence-corrected chi connectivity index (χ2v) is 20.4. The number of phosphoric ester groups is 1. The van der Waals surface area contributed by atoms with Gasteiger partial charge in [0.05, 0.1) is 39.9 Å². The summed E-state index contributed by atoms with van der Waals surface area (Å²) in [5, 5.41) is 13.9. The van der Waals surface area contributed by atoms with E-state index >= 15 is 0 Å². The highest BCUT2D eigenvalue weighted by Crippen LogP contribution is 2.43. The molecule has 0 aliphatic heterocycles. The average molecular weight is 918 g/mol. The highest BCUT2D eigenvalue weighted by atomic mass is 31.2. The van der Waals surface area contributed by atoms with Crippen LogP contribution in [0.5, 0.6) is 0 Å². The summed E-state index contributed by atoms with van der Waals surface area (Å²) in [4.78, 5) is 23.2. The number of aliphatic hydroxyl groups is 1. The van der Waals surface area contributed by atoms with Gasteiger partial charge in [0.2, 0.25) is 5.91 Å². The van der Waals surface area contributed by atoms with Crippen molar-refractivity contribution in [2.45, 2.75) is 231 Å². The SMILES string of the molecule is CCCCC/C=C\C/C=C\C/C=C\C/C=C\C/C=C\CCCCCCCCCCCCC(=O)NC(COP(=O)(O)OCC[N+](C)(C)C)C(O)/C=C/CCCCCCCCCCCCC. The first-order valence-electron chi connectivity index (χ1n) is 26.3. The van der Waals surface area contributed by atoms with E-state index in [1.807, 2.05) is 27.2 Å². The van der Waals surface area contributed by atoms with Crippen LogP contribution < -0.4 is 5.32 Å². The van der Waals surface area contributed by atoms with E-state index in [4.69, 9.17) is 9.05 Å². The van der Waals surface area contributed by atoms with Gasteiger partial charge < -0.3 is 19.8 Å². The number of rotatable bonds is 47. The molecule has 9 heteroatoms. The Balaban J connectivity index is 4.21. The first-order chi connectivity index (χ1) is 31.0. The molecule has 0 aliphatic rings. The molecule has 3 N–H and O–H groups in total. The van der Waals surface area contributed by atoms with E-state index in [1.54, 1.807) is 6.08 Å². The van der Waals surface area contributed by atoms with Gasteiger partial charge in [-0.1, -0.05) is 215 Å². The molecule has 0 spiro atoms. The molecular weight excluding hydrogens is 816 g/mol. The molecule has 0 saturated heterocycles. The number of unbranched alkanes of at least 4 members (excludes halogenated alkanes) is 24. The Hall–Kier alpha value is -2.06. The van der Waals surface area contributed by atoms with Crippen LogP contribution in [0.3, 0.4) is 0 Å². The Kier molecular flexibility index (Phi) is 44.6. The number of phosphoric acid groups is 1. The number of aliphatic hydroxyl groups excluding tert-OH is 1. The van der Waals surface area contributed by atoms with Gasteiger partial charge in [0, 0.05) is 6.42 Å². The van der Waals surface area contributed by atoms with Gasteiger partial charge in [-0.05, 0) is 70.6 Å². The number of nitrogens with one attached hydrogen (secondary N) is 1. The largest absolute Gasteiger partial charge is 0.472 e. The third-order valence-corrected chi connectivity index (χ3v) is 12.4. The molecule has 3 unspecified atom stereocenters. The number of carbonyl (C=O) groups excluding carboxylic acids is 1. The van der Waals surface area contributed by atoms with Gasteiger partial charge in [0.1, 0.15) is 13.2 Å². The molecule has 0 fully saturated rings. The van der Waals surface area contributed by atoms with Gasteiger partial charge in [0.25, 0.3) is 0 Å². The van der Waals surface area contributed by atoms with Gasteiger partial charge in [-0.3, -0.25) is 13.8 Å². The normalized spacial score (nSPS) is 14.7. The predicted octanol–water partition coefficient (Wildman–Crippen LogP) is 15.5. The molecule has 0 aliphatic carbocycles. The summed E-state index contributed by atoms with van der Waals surface area (Å²) in [5.74, 6) is -0.185. The number of hydrogen-bond acceptors (Lipinski definition) is 5. The number of hydrogen-bond donors (Lipinski definition) is 3. The highest BCUT2D eigenvalue weighted by molar-refractivity contribution is 7.47. The van der Waals surface area contributed by atoms with Crippen LogP contribution in [0.15, 0.2) is 72.9 Å². The topological polar surface area (TPSA) is 105 Å². The van der Waals surface area contributed by atoms with Crippen LogP contribution in [0.4, 0.5) is 0 Å². The van der Waals surface area contributed by atoms with E-state index in [0.29, 0.717) is 17.4 Å². The third-order valence-electron chi connectivity index (χ3n) is 11.4. The van der Waals surface area contributed by atoms with Gasteiger partial charge in [-0.2, -0.15) is 0 Å². The lowest BCUT2D eigenvalue weighted by molar-refractivity contribution is -0.870. The van der Waals surface area contributed by atoms with Crippen LogP contribution in [0.1, 0.15) is 219 Å². The summed E-state index contributed by atoms with van der Waals surface area (Å²) in [6.45, 7) is 4.77.